The molecule has 2 atom stereocenters. The molecule has 1 saturated heterocycles. The van der Waals surface area contributed by atoms with Gasteiger partial charge in [-0.15, -0.1) is 0 Å². The highest BCUT2D eigenvalue weighted by molar-refractivity contribution is 6.74. The molecule has 1 aliphatic heterocycles. The van der Waals surface area contributed by atoms with E-state index in [9.17, 15) is 9.90 Å². The van der Waals surface area contributed by atoms with E-state index in [2.05, 4.69) is 33.9 Å². The number of nitrogens with zero attached hydrogens (tertiary/aromatic N) is 1. The van der Waals surface area contributed by atoms with Crippen LogP contribution < -0.4 is 0 Å². The summed E-state index contributed by atoms with van der Waals surface area (Å²) in [5.74, 6) is 0. The standard InChI is InChI=1S/C17H35NO4Si/c1-16(2,3)21-15(20)18-10-9-14(11-13(18)12-19)22-23(7,8)17(4,5)6/h13-14,19H,9-12H2,1-8H3/t13-,14?/m0/s1. The Morgan fingerprint density at radius 2 is 1.78 bits per heavy atom. The molecule has 1 amide bonds. The predicted molar refractivity (Wildman–Crippen MR) is 95.1 cm³/mol. The van der Waals surface area contributed by atoms with Crippen LogP contribution in [0.4, 0.5) is 4.79 Å². The first-order valence-electron chi connectivity index (χ1n) is 8.55. The third-order valence-corrected chi connectivity index (χ3v) is 9.31. The van der Waals surface area contributed by atoms with Gasteiger partial charge in [-0.3, -0.25) is 0 Å². The third-order valence-electron chi connectivity index (χ3n) is 4.77. The fraction of sp³-hybridized carbons (Fsp3) is 0.941. The van der Waals surface area contributed by atoms with E-state index in [4.69, 9.17) is 9.16 Å². The van der Waals surface area contributed by atoms with Gasteiger partial charge in [0.05, 0.1) is 12.6 Å². The number of amides is 1. The quantitative estimate of drug-likeness (QED) is 0.791. The molecule has 1 heterocycles. The van der Waals surface area contributed by atoms with Crippen LogP contribution in [-0.4, -0.2) is 55.3 Å². The topological polar surface area (TPSA) is 59.0 Å². The molecule has 1 fully saturated rings. The number of likely N-dealkylation sites (tertiary alicyclic amines) is 1. The van der Waals surface area contributed by atoms with Gasteiger partial charge in [-0.2, -0.15) is 0 Å². The van der Waals surface area contributed by atoms with Crippen molar-refractivity contribution in [1.29, 1.82) is 0 Å². The maximum Gasteiger partial charge on any atom is 0.410 e. The normalized spacial score (nSPS) is 23.8. The first kappa shape index (κ1) is 20.5. The Morgan fingerprint density at radius 3 is 2.22 bits per heavy atom. The highest BCUT2D eigenvalue weighted by Crippen LogP contribution is 2.39. The molecule has 1 aliphatic rings. The first-order chi connectivity index (χ1) is 10.3. The van der Waals surface area contributed by atoms with Crippen molar-refractivity contribution in [2.24, 2.45) is 0 Å². The van der Waals surface area contributed by atoms with Crippen molar-refractivity contribution in [3.05, 3.63) is 0 Å². The number of hydrogen-bond acceptors (Lipinski definition) is 4. The Labute approximate surface area is 142 Å². The molecule has 0 radical (unpaired) electrons. The molecular weight excluding hydrogens is 310 g/mol. The van der Waals surface area contributed by atoms with Gasteiger partial charge in [0.2, 0.25) is 0 Å². The second-order valence-corrected chi connectivity index (χ2v) is 13.8. The molecule has 1 rings (SSSR count). The minimum atomic E-state index is -1.84. The number of carbonyl (C=O) groups is 1. The minimum Gasteiger partial charge on any atom is -0.444 e. The summed E-state index contributed by atoms with van der Waals surface area (Å²) in [6, 6.07) is -0.228. The zero-order valence-electron chi connectivity index (χ0n) is 16.1. The average molecular weight is 346 g/mol. The molecule has 0 aliphatic carbocycles. The van der Waals surface area contributed by atoms with Crippen molar-refractivity contribution in [3.8, 4) is 0 Å². The molecular formula is C17H35NO4Si. The molecule has 0 aromatic rings. The van der Waals surface area contributed by atoms with Crippen molar-refractivity contribution in [1.82, 2.24) is 4.90 Å². The smallest absolute Gasteiger partial charge is 0.410 e. The summed E-state index contributed by atoms with van der Waals surface area (Å²) in [6.07, 6.45) is 1.22. The van der Waals surface area contributed by atoms with Crippen molar-refractivity contribution in [3.63, 3.8) is 0 Å². The van der Waals surface area contributed by atoms with Gasteiger partial charge < -0.3 is 19.2 Å². The lowest BCUT2D eigenvalue weighted by Gasteiger charge is -2.44. The Kier molecular flexibility index (Phi) is 6.32. The Morgan fingerprint density at radius 1 is 1.22 bits per heavy atom. The number of ether oxygens (including phenoxy) is 1. The summed E-state index contributed by atoms with van der Waals surface area (Å²) in [5, 5.41) is 9.85. The number of aliphatic hydroxyl groups is 1. The molecule has 23 heavy (non-hydrogen) atoms. The lowest BCUT2D eigenvalue weighted by atomic mass is 10.0. The van der Waals surface area contributed by atoms with E-state index in [1.54, 1.807) is 4.90 Å². The molecule has 0 spiro atoms. The van der Waals surface area contributed by atoms with E-state index >= 15 is 0 Å². The first-order valence-corrected chi connectivity index (χ1v) is 11.5. The van der Waals surface area contributed by atoms with Crippen LogP contribution >= 0.6 is 0 Å². The summed E-state index contributed by atoms with van der Waals surface area (Å²) >= 11 is 0. The van der Waals surface area contributed by atoms with Crippen molar-refractivity contribution < 1.29 is 19.1 Å². The van der Waals surface area contributed by atoms with Gasteiger partial charge in [-0.25, -0.2) is 4.79 Å². The van der Waals surface area contributed by atoms with Crippen LogP contribution in [0.25, 0.3) is 0 Å². The van der Waals surface area contributed by atoms with Gasteiger partial charge >= 0.3 is 6.09 Å². The monoisotopic (exact) mass is 345 g/mol. The number of piperidine rings is 1. The van der Waals surface area contributed by atoms with E-state index in [1.165, 1.54) is 0 Å². The molecule has 0 bridgehead atoms. The maximum absolute atomic E-state index is 12.3. The van der Waals surface area contributed by atoms with Gasteiger partial charge in [0.15, 0.2) is 8.32 Å². The molecule has 0 saturated carbocycles. The molecule has 136 valence electrons. The van der Waals surface area contributed by atoms with Gasteiger partial charge in [-0.05, 0) is 51.7 Å². The van der Waals surface area contributed by atoms with Crippen LogP contribution in [0.5, 0.6) is 0 Å². The highest BCUT2D eigenvalue weighted by Gasteiger charge is 2.42. The lowest BCUT2D eigenvalue weighted by molar-refractivity contribution is -0.0163. The molecule has 1 unspecified atom stereocenters. The highest BCUT2D eigenvalue weighted by atomic mass is 28.4. The number of rotatable bonds is 3. The molecule has 0 aromatic heterocycles. The van der Waals surface area contributed by atoms with Crippen LogP contribution in [0.2, 0.25) is 18.1 Å². The van der Waals surface area contributed by atoms with E-state index in [0.717, 1.165) is 6.42 Å². The summed E-state index contributed by atoms with van der Waals surface area (Å²) in [7, 11) is -1.84. The molecule has 0 aromatic carbocycles. The van der Waals surface area contributed by atoms with Crippen LogP contribution in [-0.2, 0) is 9.16 Å². The molecule has 1 N–H and O–H groups in total. The SMILES string of the molecule is CC(C)(C)OC(=O)N1CCC(O[Si](C)(C)C(C)(C)C)C[C@H]1CO. The van der Waals surface area contributed by atoms with E-state index in [0.29, 0.717) is 13.0 Å². The van der Waals surface area contributed by atoms with Gasteiger partial charge in [0, 0.05) is 12.6 Å². The largest absolute Gasteiger partial charge is 0.444 e. The van der Waals surface area contributed by atoms with E-state index < -0.39 is 13.9 Å². The fourth-order valence-corrected chi connectivity index (χ4v) is 3.85. The third kappa shape index (κ3) is 5.76. The number of aliphatic hydroxyl groups excluding tert-OH is 1. The van der Waals surface area contributed by atoms with Crippen LogP contribution in [0.3, 0.4) is 0 Å². The summed E-state index contributed by atoms with van der Waals surface area (Å²) in [5.41, 5.74) is -0.522. The summed E-state index contributed by atoms with van der Waals surface area (Å²) in [6.45, 7) is 17.2. The van der Waals surface area contributed by atoms with Gasteiger partial charge in [-0.1, -0.05) is 20.8 Å². The lowest BCUT2D eigenvalue weighted by Crippen LogP contribution is -2.53. The summed E-state index contributed by atoms with van der Waals surface area (Å²) in [4.78, 5) is 13.9. The zero-order chi connectivity index (χ0) is 18.1. The maximum atomic E-state index is 12.3. The number of carbonyl (C=O) groups excluding carboxylic acids is 1. The fourth-order valence-electron chi connectivity index (χ4n) is 2.45. The van der Waals surface area contributed by atoms with Gasteiger partial charge in [0.1, 0.15) is 5.60 Å². The summed E-state index contributed by atoms with van der Waals surface area (Å²) < 4.78 is 11.9. The van der Waals surface area contributed by atoms with Crippen LogP contribution in [0.1, 0.15) is 54.4 Å². The molecule has 5 nitrogen and oxygen atoms in total. The van der Waals surface area contributed by atoms with Crippen molar-refractivity contribution >= 4 is 14.4 Å². The minimum absolute atomic E-state index is 0.0589. The Balaban J connectivity index is 2.71. The van der Waals surface area contributed by atoms with Crippen molar-refractivity contribution in [2.75, 3.05) is 13.2 Å². The Bertz CT molecular complexity index is 412. The Hall–Kier alpha value is -0.593. The molecule has 6 heteroatoms. The van der Waals surface area contributed by atoms with E-state index in [-0.39, 0.29) is 29.9 Å². The van der Waals surface area contributed by atoms with Gasteiger partial charge in [0.25, 0.3) is 0 Å². The number of hydrogen-bond donors (Lipinski definition) is 1. The second kappa shape index (κ2) is 7.11. The van der Waals surface area contributed by atoms with E-state index in [1.807, 2.05) is 20.8 Å². The van der Waals surface area contributed by atoms with Crippen LogP contribution in [0, 0.1) is 0 Å². The second-order valence-electron chi connectivity index (χ2n) is 9.03. The predicted octanol–water partition coefficient (Wildman–Crippen LogP) is 3.77. The van der Waals surface area contributed by atoms with Crippen LogP contribution in [0.15, 0.2) is 0 Å². The average Bonchev–Trinajstić information content (AvgIpc) is 2.34. The van der Waals surface area contributed by atoms with Crippen molar-refractivity contribution in [2.45, 2.75) is 90.3 Å². The zero-order valence-corrected chi connectivity index (χ0v) is 17.1.